The van der Waals surface area contributed by atoms with Gasteiger partial charge >= 0.3 is 35.8 Å². The molecule has 0 heterocycles. The van der Waals surface area contributed by atoms with Gasteiger partial charge in [0.25, 0.3) is 0 Å². The zero-order valence-corrected chi connectivity index (χ0v) is 37.5. The third-order valence-electron chi connectivity index (χ3n) is 15.5. The molecule has 344 valence electrons. The van der Waals surface area contributed by atoms with E-state index in [9.17, 15) is 39.0 Å². The first kappa shape index (κ1) is 49.8. The molecule has 15 heteroatoms. The van der Waals surface area contributed by atoms with Crippen molar-refractivity contribution < 1.29 is 72.1 Å². The van der Waals surface area contributed by atoms with Crippen LogP contribution in [0.3, 0.4) is 0 Å². The molecule has 4 aliphatic carbocycles. The number of hydrogen-bond donors (Lipinski definition) is 2. The lowest BCUT2D eigenvalue weighted by atomic mass is 9.47. The molecular formula is C46H70O15. The Morgan fingerprint density at radius 1 is 0.639 bits per heavy atom. The van der Waals surface area contributed by atoms with Gasteiger partial charge in [0.1, 0.15) is 11.8 Å². The van der Waals surface area contributed by atoms with E-state index in [1.165, 1.54) is 14.2 Å². The summed E-state index contributed by atoms with van der Waals surface area (Å²) in [6.07, 6.45) is 3.63. The summed E-state index contributed by atoms with van der Waals surface area (Å²) < 4.78 is 38.5. The number of ether oxygens (including phenoxy) is 7. The van der Waals surface area contributed by atoms with E-state index in [0.717, 1.165) is 70.3 Å². The standard InChI is InChI=1S/C46H70O15/c1-27-13-15-33-43(3,25-47)17-11-19-45(33,5)31(27)23-60-38(42(54)58-10)30(22-36(50)55-7)40(52)61-26-44(4)18-12-20-46(6)32(28(2)14-16-34(44)46)24-59-37(41(53)57-9)29(21-35(48)49)39(51)56-8/h29-34,37-38,47H,1-2,11-26H2,3-10H3,(H,48,49)/t29-,30-,31-,32-,33-,34-,37+,38+,43-,44-,45+,46+/m0/s1. The summed E-state index contributed by atoms with van der Waals surface area (Å²) in [6, 6.07) is 0. The van der Waals surface area contributed by atoms with E-state index in [1.54, 1.807) is 0 Å². The first-order valence-corrected chi connectivity index (χ1v) is 21.6. The summed E-state index contributed by atoms with van der Waals surface area (Å²) in [5, 5.41) is 20.0. The van der Waals surface area contributed by atoms with Gasteiger partial charge in [-0.25, -0.2) is 9.59 Å². The second kappa shape index (κ2) is 20.6. The van der Waals surface area contributed by atoms with Gasteiger partial charge in [-0.15, -0.1) is 0 Å². The Bertz CT molecular complexity index is 1660. The van der Waals surface area contributed by atoms with Crippen molar-refractivity contribution in [1.82, 2.24) is 0 Å². The molecule has 0 radical (unpaired) electrons. The van der Waals surface area contributed by atoms with Crippen molar-refractivity contribution in [3.63, 3.8) is 0 Å². The van der Waals surface area contributed by atoms with E-state index in [4.69, 9.17) is 33.2 Å². The Labute approximate surface area is 360 Å². The number of esters is 5. The number of hydrogen-bond acceptors (Lipinski definition) is 14. The number of carbonyl (C=O) groups is 6. The van der Waals surface area contributed by atoms with Gasteiger partial charge in [0, 0.05) is 23.9 Å². The van der Waals surface area contributed by atoms with Crippen LogP contribution in [0.5, 0.6) is 0 Å². The summed E-state index contributed by atoms with van der Waals surface area (Å²) in [7, 11) is 4.62. The van der Waals surface area contributed by atoms with Crippen LogP contribution >= 0.6 is 0 Å². The number of carboxylic acid groups (broad SMARTS) is 1. The Hall–Kier alpha value is -3.82. The highest BCUT2D eigenvalue weighted by Gasteiger charge is 2.57. The predicted octanol–water partition coefficient (Wildman–Crippen LogP) is 5.64. The van der Waals surface area contributed by atoms with Crippen molar-refractivity contribution in [2.45, 2.75) is 117 Å². The van der Waals surface area contributed by atoms with Gasteiger partial charge in [-0.3, -0.25) is 19.2 Å². The molecule has 0 aromatic rings. The molecule has 0 spiro atoms. The predicted molar refractivity (Wildman–Crippen MR) is 220 cm³/mol. The Balaban J connectivity index is 1.56. The van der Waals surface area contributed by atoms with Crippen LogP contribution in [0, 0.1) is 57.2 Å². The molecule has 2 N–H and O–H groups in total. The molecule has 0 aromatic heterocycles. The highest BCUT2D eigenvalue weighted by Crippen LogP contribution is 2.62. The highest BCUT2D eigenvalue weighted by molar-refractivity contribution is 5.88. The topological polar surface area (TPSA) is 207 Å². The Morgan fingerprint density at radius 2 is 1.08 bits per heavy atom. The zero-order valence-electron chi connectivity index (χ0n) is 37.5. The van der Waals surface area contributed by atoms with Gasteiger partial charge in [0.15, 0.2) is 12.2 Å². The molecule has 4 aliphatic rings. The zero-order chi connectivity index (χ0) is 45.5. The van der Waals surface area contributed by atoms with Crippen LogP contribution in [0.2, 0.25) is 0 Å². The van der Waals surface area contributed by atoms with Crippen molar-refractivity contribution in [2.75, 3.05) is 54.9 Å². The molecule has 4 saturated carbocycles. The number of methoxy groups -OCH3 is 4. The van der Waals surface area contributed by atoms with Crippen molar-refractivity contribution in [1.29, 1.82) is 0 Å². The summed E-state index contributed by atoms with van der Waals surface area (Å²) >= 11 is 0. The number of rotatable bonds is 19. The van der Waals surface area contributed by atoms with E-state index in [-0.39, 0.29) is 60.9 Å². The second-order valence-electron chi connectivity index (χ2n) is 19.1. The minimum absolute atomic E-state index is 0.0373. The van der Waals surface area contributed by atoms with E-state index in [2.05, 4.69) is 33.9 Å². The second-order valence-corrected chi connectivity index (χ2v) is 19.1. The Morgan fingerprint density at radius 3 is 1.51 bits per heavy atom. The summed E-state index contributed by atoms with van der Waals surface area (Å²) in [5.74, 6) is -8.69. The van der Waals surface area contributed by atoms with Crippen LogP contribution < -0.4 is 0 Å². The van der Waals surface area contributed by atoms with E-state index >= 15 is 0 Å². The van der Waals surface area contributed by atoms with Crippen LogP contribution in [-0.4, -0.2) is 113 Å². The van der Waals surface area contributed by atoms with Gasteiger partial charge in [-0.05, 0) is 79.4 Å². The number of carbonyl (C=O) groups excluding carboxylic acids is 5. The van der Waals surface area contributed by atoms with Crippen LogP contribution in [0.1, 0.15) is 105 Å². The first-order valence-electron chi connectivity index (χ1n) is 21.6. The molecule has 15 nitrogen and oxygen atoms in total. The molecule has 0 saturated heterocycles. The maximum absolute atomic E-state index is 14.3. The maximum atomic E-state index is 14.3. The van der Waals surface area contributed by atoms with Crippen LogP contribution in [-0.2, 0) is 61.9 Å². The fraction of sp³-hybridized carbons (Fsp3) is 0.783. The lowest BCUT2D eigenvalue weighted by Crippen LogP contribution is -2.54. The molecule has 0 bridgehead atoms. The van der Waals surface area contributed by atoms with E-state index in [1.807, 2.05) is 6.92 Å². The van der Waals surface area contributed by atoms with Gasteiger partial charge in [-0.2, -0.15) is 0 Å². The Kier molecular flexibility index (Phi) is 16.8. The third kappa shape index (κ3) is 10.5. The van der Waals surface area contributed by atoms with Crippen molar-refractivity contribution >= 4 is 35.8 Å². The summed E-state index contributed by atoms with van der Waals surface area (Å²) in [6.45, 7) is 17.2. The smallest absolute Gasteiger partial charge is 0.335 e. The van der Waals surface area contributed by atoms with Gasteiger partial charge < -0.3 is 43.4 Å². The van der Waals surface area contributed by atoms with Crippen LogP contribution in [0.4, 0.5) is 0 Å². The molecule has 12 atom stereocenters. The number of aliphatic carboxylic acids is 1. The lowest BCUT2D eigenvalue weighted by molar-refractivity contribution is -0.181. The minimum Gasteiger partial charge on any atom is -0.481 e. The van der Waals surface area contributed by atoms with Crippen molar-refractivity contribution in [2.24, 2.45) is 57.2 Å². The maximum Gasteiger partial charge on any atom is 0.335 e. The normalized spacial score (nSPS) is 33.1. The van der Waals surface area contributed by atoms with E-state index < -0.39 is 83.5 Å². The number of carboxylic acids is 1. The monoisotopic (exact) mass is 862 g/mol. The number of aliphatic hydroxyl groups excluding tert-OH is 1. The average molecular weight is 863 g/mol. The van der Waals surface area contributed by atoms with Crippen molar-refractivity contribution in [3.05, 3.63) is 24.3 Å². The fourth-order valence-electron chi connectivity index (χ4n) is 12.0. The molecule has 0 aliphatic heterocycles. The van der Waals surface area contributed by atoms with Crippen LogP contribution in [0.25, 0.3) is 0 Å². The van der Waals surface area contributed by atoms with Gasteiger partial charge in [-0.1, -0.05) is 64.8 Å². The summed E-state index contributed by atoms with van der Waals surface area (Å²) in [5.41, 5.74) is 0.254. The van der Waals surface area contributed by atoms with E-state index in [0.29, 0.717) is 19.3 Å². The van der Waals surface area contributed by atoms with Gasteiger partial charge in [0.2, 0.25) is 0 Å². The average Bonchev–Trinajstić information content (AvgIpc) is 3.22. The largest absolute Gasteiger partial charge is 0.481 e. The highest BCUT2D eigenvalue weighted by atomic mass is 16.6. The molecule has 0 unspecified atom stereocenters. The minimum atomic E-state index is -1.54. The number of fused-ring (bicyclic) bond motifs is 2. The van der Waals surface area contributed by atoms with Crippen molar-refractivity contribution in [3.8, 4) is 0 Å². The molecule has 4 fully saturated rings. The molecular weight excluding hydrogens is 792 g/mol. The van der Waals surface area contributed by atoms with Crippen LogP contribution in [0.15, 0.2) is 24.3 Å². The first-order chi connectivity index (χ1) is 28.7. The van der Waals surface area contributed by atoms with Gasteiger partial charge in [0.05, 0.1) is 61.1 Å². The quantitative estimate of drug-likeness (QED) is 0.0916. The molecule has 61 heavy (non-hydrogen) atoms. The third-order valence-corrected chi connectivity index (χ3v) is 15.5. The molecule has 0 amide bonds. The molecule has 4 rings (SSSR count). The number of aliphatic hydroxyl groups is 1. The lowest BCUT2D eigenvalue weighted by Gasteiger charge is -2.58. The molecule has 0 aromatic carbocycles. The summed E-state index contributed by atoms with van der Waals surface area (Å²) in [4.78, 5) is 77.9. The SMILES string of the molecule is C=C1CC[C@H]2[C@](C)(COC(=O)[C@@H](CC(=O)OC)[C@@H](OC[C@H]3C(=C)CC[C@H]4[C@](C)(CO)CCC[C@]34C)C(=O)OC)CCC[C@]2(C)[C@H]1CO[C@@H](C(=O)OC)[C@H](CC(=O)O)C(=O)OC. The fourth-order valence-corrected chi connectivity index (χ4v) is 12.0.